The molecule has 2 unspecified atom stereocenters. The van der Waals surface area contributed by atoms with Gasteiger partial charge in [-0.2, -0.15) is 0 Å². The van der Waals surface area contributed by atoms with Crippen LogP contribution < -0.4 is 11.3 Å². The fourth-order valence-electron chi connectivity index (χ4n) is 2.42. The summed E-state index contributed by atoms with van der Waals surface area (Å²) < 4.78 is 0. The lowest BCUT2D eigenvalue weighted by Gasteiger charge is -2.41. The van der Waals surface area contributed by atoms with Crippen molar-refractivity contribution in [2.75, 3.05) is 13.1 Å². The van der Waals surface area contributed by atoms with Gasteiger partial charge in [0.05, 0.1) is 5.41 Å². The summed E-state index contributed by atoms with van der Waals surface area (Å²) in [6.07, 6.45) is 2.52. The Bertz CT molecular complexity index is 253. The molecule has 0 saturated carbocycles. The lowest BCUT2D eigenvalue weighted by atomic mass is 9.86. The Morgan fingerprint density at radius 2 is 2.12 bits per heavy atom. The van der Waals surface area contributed by atoms with E-state index in [-0.39, 0.29) is 5.91 Å². The van der Waals surface area contributed by atoms with Gasteiger partial charge in [-0.15, -0.1) is 0 Å². The first-order valence-electron chi connectivity index (χ1n) is 6.13. The van der Waals surface area contributed by atoms with Gasteiger partial charge in [0.1, 0.15) is 0 Å². The molecule has 0 aromatic rings. The van der Waals surface area contributed by atoms with Crippen LogP contribution in [0.2, 0.25) is 0 Å². The smallest absolute Gasteiger partial charge is 0.240 e. The van der Waals surface area contributed by atoms with Gasteiger partial charge < -0.3 is 0 Å². The number of piperidine rings is 1. The van der Waals surface area contributed by atoms with Crippen LogP contribution in [-0.4, -0.2) is 29.9 Å². The van der Waals surface area contributed by atoms with Gasteiger partial charge >= 0.3 is 0 Å². The first-order valence-corrected chi connectivity index (χ1v) is 6.13. The first-order chi connectivity index (χ1) is 7.38. The Balaban J connectivity index is 2.62. The average Bonchev–Trinajstić information content (AvgIpc) is 2.23. The van der Waals surface area contributed by atoms with Crippen LogP contribution in [0.5, 0.6) is 0 Å². The van der Waals surface area contributed by atoms with Gasteiger partial charge in [-0.3, -0.25) is 15.1 Å². The summed E-state index contributed by atoms with van der Waals surface area (Å²) in [6, 6.07) is 0.554. The summed E-state index contributed by atoms with van der Waals surface area (Å²) in [5.74, 6) is 5.84. The van der Waals surface area contributed by atoms with Crippen LogP contribution in [0, 0.1) is 11.3 Å². The maximum Gasteiger partial charge on any atom is 0.240 e. The minimum Gasteiger partial charge on any atom is -0.299 e. The minimum absolute atomic E-state index is 0.0853. The van der Waals surface area contributed by atoms with E-state index in [1.165, 1.54) is 12.8 Å². The number of amides is 1. The van der Waals surface area contributed by atoms with E-state index in [1.54, 1.807) is 0 Å². The summed E-state index contributed by atoms with van der Waals surface area (Å²) in [7, 11) is 0. The molecule has 0 spiro atoms. The summed E-state index contributed by atoms with van der Waals surface area (Å²) in [5, 5.41) is 0. The number of nitrogens with two attached hydrogens (primary N) is 1. The van der Waals surface area contributed by atoms with Gasteiger partial charge in [-0.1, -0.05) is 6.92 Å². The van der Waals surface area contributed by atoms with Gasteiger partial charge in [0.25, 0.3) is 0 Å². The van der Waals surface area contributed by atoms with Gasteiger partial charge in [0.15, 0.2) is 0 Å². The highest BCUT2D eigenvalue weighted by molar-refractivity contribution is 5.81. The van der Waals surface area contributed by atoms with Crippen molar-refractivity contribution in [3.05, 3.63) is 0 Å². The van der Waals surface area contributed by atoms with Crippen molar-refractivity contribution in [1.82, 2.24) is 10.3 Å². The number of carbonyl (C=O) groups excluding carboxylic acids is 1. The normalized spacial score (nSPS) is 27.8. The molecule has 0 radical (unpaired) electrons. The summed E-state index contributed by atoms with van der Waals surface area (Å²) in [6.45, 7) is 10.3. The molecule has 0 bridgehead atoms. The molecular weight excluding hydrogens is 202 g/mol. The second kappa shape index (κ2) is 5.15. The van der Waals surface area contributed by atoms with E-state index < -0.39 is 5.41 Å². The van der Waals surface area contributed by atoms with Crippen LogP contribution in [0.3, 0.4) is 0 Å². The molecule has 1 saturated heterocycles. The highest BCUT2D eigenvalue weighted by Crippen LogP contribution is 2.27. The van der Waals surface area contributed by atoms with E-state index in [0.29, 0.717) is 12.0 Å². The van der Waals surface area contributed by atoms with Crippen molar-refractivity contribution >= 4 is 5.91 Å². The van der Waals surface area contributed by atoms with Gasteiger partial charge in [0.2, 0.25) is 5.91 Å². The van der Waals surface area contributed by atoms with Gasteiger partial charge in [0, 0.05) is 12.6 Å². The van der Waals surface area contributed by atoms with Crippen LogP contribution >= 0.6 is 0 Å². The predicted molar refractivity (Wildman–Crippen MR) is 65.5 cm³/mol. The van der Waals surface area contributed by atoms with Crippen LogP contribution in [-0.2, 0) is 4.79 Å². The largest absolute Gasteiger partial charge is 0.299 e. The van der Waals surface area contributed by atoms with Crippen molar-refractivity contribution in [1.29, 1.82) is 0 Å². The van der Waals surface area contributed by atoms with Crippen LogP contribution in [0.1, 0.15) is 40.5 Å². The van der Waals surface area contributed by atoms with Crippen LogP contribution in [0.25, 0.3) is 0 Å². The Morgan fingerprint density at radius 1 is 1.50 bits per heavy atom. The molecule has 0 aromatic carbocycles. The third-order valence-electron chi connectivity index (χ3n) is 3.85. The molecule has 1 heterocycles. The van der Waals surface area contributed by atoms with E-state index in [0.717, 1.165) is 13.1 Å². The van der Waals surface area contributed by atoms with Crippen molar-refractivity contribution < 1.29 is 4.79 Å². The molecular formula is C12H25N3O. The predicted octanol–water partition coefficient (Wildman–Crippen LogP) is 1.12. The standard InChI is InChI=1S/C12H25N3O/c1-9-6-5-7-15(10(9)2)8-12(3,4)11(16)14-13/h9-10H,5-8,13H2,1-4H3,(H,14,16). The molecule has 4 nitrogen and oxygen atoms in total. The van der Waals surface area contributed by atoms with Crippen molar-refractivity contribution in [3.8, 4) is 0 Å². The number of hydrazine groups is 1. The number of hydrogen-bond donors (Lipinski definition) is 2. The van der Waals surface area contributed by atoms with E-state index in [2.05, 4.69) is 24.2 Å². The summed E-state index contributed by atoms with van der Waals surface area (Å²) in [4.78, 5) is 14.0. The second-order valence-corrected chi connectivity index (χ2v) is 5.69. The Labute approximate surface area is 98.5 Å². The number of likely N-dealkylation sites (tertiary alicyclic amines) is 1. The van der Waals surface area contributed by atoms with Crippen molar-refractivity contribution in [2.45, 2.75) is 46.6 Å². The Hall–Kier alpha value is -0.610. The molecule has 1 amide bonds. The molecule has 3 N–H and O–H groups in total. The zero-order valence-corrected chi connectivity index (χ0v) is 10.9. The highest BCUT2D eigenvalue weighted by atomic mass is 16.2. The summed E-state index contributed by atoms with van der Waals surface area (Å²) in [5.41, 5.74) is 1.84. The molecule has 1 rings (SSSR count). The number of hydrogen-bond acceptors (Lipinski definition) is 3. The van der Waals surface area contributed by atoms with E-state index in [4.69, 9.17) is 5.84 Å². The van der Waals surface area contributed by atoms with Crippen molar-refractivity contribution in [2.24, 2.45) is 17.2 Å². The Kier molecular flexibility index (Phi) is 4.33. The maximum absolute atomic E-state index is 11.6. The zero-order chi connectivity index (χ0) is 12.3. The number of nitrogens with zero attached hydrogens (tertiary/aromatic N) is 1. The average molecular weight is 227 g/mol. The molecule has 1 aliphatic rings. The van der Waals surface area contributed by atoms with Gasteiger partial charge in [-0.25, -0.2) is 5.84 Å². The van der Waals surface area contributed by atoms with E-state index in [1.807, 2.05) is 13.8 Å². The molecule has 2 atom stereocenters. The molecule has 1 aliphatic heterocycles. The van der Waals surface area contributed by atoms with Crippen molar-refractivity contribution in [3.63, 3.8) is 0 Å². The highest BCUT2D eigenvalue weighted by Gasteiger charge is 2.33. The quantitative estimate of drug-likeness (QED) is 0.431. The fraction of sp³-hybridized carbons (Fsp3) is 0.917. The molecule has 16 heavy (non-hydrogen) atoms. The Morgan fingerprint density at radius 3 is 2.69 bits per heavy atom. The molecule has 1 fully saturated rings. The van der Waals surface area contributed by atoms with Crippen LogP contribution in [0.15, 0.2) is 0 Å². The van der Waals surface area contributed by atoms with E-state index in [9.17, 15) is 4.79 Å². The summed E-state index contributed by atoms with van der Waals surface area (Å²) >= 11 is 0. The molecule has 94 valence electrons. The lowest BCUT2D eigenvalue weighted by molar-refractivity contribution is -0.131. The van der Waals surface area contributed by atoms with Crippen LogP contribution in [0.4, 0.5) is 0 Å². The third kappa shape index (κ3) is 2.95. The second-order valence-electron chi connectivity index (χ2n) is 5.69. The number of carbonyl (C=O) groups is 1. The monoisotopic (exact) mass is 227 g/mol. The third-order valence-corrected chi connectivity index (χ3v) is 3.85. The molecule has 0 aromatic heterocycles. The SMILES string of the molecule is CC1CCCN(CC(C)(C)C(=O)NN)C1C. The lowest BCUT2D eigenvalue weighted by Crippen LogP contribution is -2.52. The minimum atomic E-state index is -0.417. The fourth-order valence-corrected chi connectivity index (χ4v) is 2.42. The van der Waals surface area contributed by atoms with E-state index >= 15 is 0 Å². The maximum atomic E-state index is 11.6. The topological polar surface area (TPSA) is 58.4 Å². The van der Waals surface area contributed by atoms with Gasteiger partial charge in [-0.05, 0) is 46.1 Å². The molecule has 0 aliphatic carbocycles. The molecule has 4 heteroatoms. The zero-order valence-electron chi connectivity index (χ0n) is 10.9. The first kappa shape index (κ1) is 13.5. The number of rotatable bonds is 3. The number of nitrogens with one attached hydrogen (secondary N) is 1.